The zero-order valence-corrected chi connectivity index (χ0v) is 11.8. The minimum absolute atomic E-state index is 0.460. The first-order valence-corrected chi connectivity index (χ1v) is 6.34. The highest BCUT2D eigenvalue weighted by atomic mass is 35.5. The molecule has 0 N–H and O–H groups in total. The molecule has 0 saturated heterocycles. The van der Waals surface area contributed by atoms with Gasteiger partial charge in [0, 0.05) is 18.7 Å². The molecule has 0 aliphatic carbocycles. The van der Waals surface area contributed by atoms with Gasteiger partial charge in [-0.2, -0.15) is 0 Å². The van der Waals surface area contributed by atoms with Gasteiger partial charge in [0.2, 0.25) is 0 Å². The van der Waals surface area contributed by atoms with Crippen molar-refractivity contribution in [3.63, 3.8) is 0 Å². The molecule has 2 rings (SSSR count). The Bertz CT molecular complexity index is 540. The number of rotatable bonds is 4. The lowest BCUT2D eigenvalue weighted by Crippen LogP contribution is -2.18. The second-order valence-corrected chi connectivity index (χ2v) is 5.03. The van der Waals surface area contributed by atoms with E-state index in [1.807, 2.05) is 20.0 Å². The quantitative estimate of drug-likeness (QED) is 0.797. The van der Waals surface area contributed by atoms with Gasteiger partial charge in [0.1, 0.15) is 10.9 Å². The van der Waals surface area contributed by atoms with Crippen LogP contribution in [0, 0.1) is 6.92 Å². The molecule has 0 spiro atoms. The van der Waals surface area contributed by atoms with E-state index in [0.29, 0.717) is 16.7 Å². The molecular formula is C13H14Cl2N2O. The van der Waals surface area contributed by atoms with Crippen molar-refractivity contribution in [3.05, 3.63) is 51.7 Å². The van der Waals surface area contributed by atoms with E-state index in [4.69, 9.17) is 27.6 Å². The van der Waals surface area contributed by atoms with Crippen molar-refractivity contribution in [3.8, 4) is 0 Å². The monoisotopic (exact) mass is 284 g/mol. The van der Waals surface area contributed by atoms with Crippen molar-refractivity contribution >= 4 is 23.2 Å². The lowest BCUT2D eigenvalue weighted by molar-refractivity contribution is 0.312. The third kappa shape index (κ3) is 3.25. The first-order valence-electron chi connectivity index (χ1n) is 5.58. The van der Waals surface area contributed by atoms with Crippen LogP contribution < -0.4 is 0 Å². The van der Waals surface area contributed by atoms with E-state index < -0.39 is 0 Å². The molecule has 0 bridgehead atoms. The van der Waals surface area contributed by atoms with Gasteiger partial charge in [0.15, 0.2) is 0 Å². The highest BCUT2D eigenvalue weighted by Gasteiger charge is 2.09. The molecule has 2 aromatic heterocycles. The minimum atomic E-state index is 0.460. The predicted molar refractivity (Wildman–Crippen MR) is 72.9 cm³/mol. The van der Waals surface area contributed by atoms with Crippen molar-refractivity contribution in [1.29, 1.82) is 0 Å². The molecular weight excluding hydrogens is 271 g/mol. The van der Waals surface area contributed by atoms with E-state index in [2.05, 4.69) is 9.88 Å². The molecule has 3 nitrogen and oxygen atoms in total. The number of halogens is 2. The van der Waals surface area contributed by atoms with Crippen molar-refractivity contribution in [1.82, 2.24) is 9.88 Å². The van der Waals surface area contributed by atoms with E-state index in [0.717, 1.165) is 23.6 Å². The van der Waals surface area contributed by atoms with Crippen molar-refractivity contribution in [2.75, 3.05) is 7.05 Å². The minimum Gasteiger partial charge on any atom is -0.469 e. The standard InChI is InChI=1S/C13H14Cl2N2O/c1-9-10(5-6-18-9)7-17(2)8-12-11(14)3-4-13(15)16-12/h3-6H,7-8H2,1-2H3. The summed E-state index contributed by atoms with van der Waals surface area (Å²) in [5.74, 6) is 0.937. The Morgan fingerprint density at radius 3 is 2.67 bits per heavy atom. The van der Waals surface area contributed by atoms with Gasteiger partial charge >= 0.3 is 0 Å². The maximum absolute atomic E-state index is 6.09. The molecule has 0 saturated carbocycles. The summed E-state index contributed by atoms with van der Waals surface area (Å²) in [5, 5.41) is 1.09. The molecule has 0 unspecified atom stereocenters. The van der Waals surface area contributed by atoms with E-state index in [1.165, 1.54) is 0 Å². The fourth-order valence-electron chi connectivity index (χ4n) is 1.75. The van der Waals surface area contributed by atoms with Crippen molar-refractivity contribution in [2.24, 2.45) is 0 Å². The molecule has 2 heterocycles. The molecule has 96 valence electrons. The van der Waals surface area contributed by atoms with Gasteiger partial charge in [-0.05, 0) is 32.2 Å². The van der Waals surface area contributed by atoms with Crippen LogP contribution in [0.4, 0.5) is 0 Å². The summed E-state index contributed by atoms with van der Waals surface area (Å²) in [5.41, 5.74) is 1.95. The highest BCUT2D eigenvalue weighted by molar-refractivity contribution is 6.32. The maximum Gasteiger partial charge on any atom is 0.129 e. The Kier molecular flexibility index (Phi) is 4.27. The number of furan rings is 1. The normalized spacial score (nSPS) is 11.2. The van der Waals surface area contributed by atoms with Gasteiger partial charge in [0.25, 0.3) is 0 Å². The lowest BCUT2D eigenvalue weighted by atomic mass is 10.2. The molecule has 0 radical (unpaired) electrons. The van der Waals surface area contributed by atoms with Crippen LogP contribution >= 0.6 is 23.2 Å². The highest BCUT2D eigenvalue weighted by Crippen LogP contribution is 2.19. The molecule has 0 aromatic carbocycles. The van der Waals surface area contributed by atoms with E-state index in [-0.39, 0.29) is 0 Å². The molecule has 2 aromatic rings. The Labute approximate surface area is 116 Å². The van der Waals surface area contributed by atoms with Crippen LogP contribution in [-0.2, 0) is 13.1 Å². The Morgan fingerprint density at radius 1 is 1.22 bits per heavy atom. The SMILES string of the molecule is Cc1occc1CN(C)Cc1nc(Cl)ccc1Cl. The molecule has 0 aliphatic rings. The van der Waals surface area contributed by atoms with E-state index in [1.54, 1.807) is 18.4 Å². The number of hydrogen-bond donors (Lipinski definition) is 0. The molecule has 0 atom stereocenters. The summed E-state index contributed by atoms with van der Waals surface area (Å²) >= 11 is 12.0. The summed E-state index contributed by atoms with van der Waals surface area (Å²) in [6, 6.07) is 5.43. The Hall–Kier alpha value is -1.03. The smallest absolute Gasteiger partial charge is 0.129 e. The predicted octanol–water partition coefficient (Wildman–Crippen LogP) is 3.92. The average molecular weight is 285 g/mol. The van der Waals surface area contributed by atoms with Crippen LogP contribution in [0.15, 0.2) is 28.9 Å². The largest absolute Gasteiger partial charge is 0.469 e. The summed E-state index contributed by atoms with van der Waals surface area (Å²) < 4.78 is 5.27. The van der Waals surface area contributed by atoms with Gasteiger partial charge in [-0.3, -0.25) is 4.90 Å². The van der Waals surface area contributed by atoms with Crippen molar-refractivity contribution in [2.45, 2.75) is 20.0 Å². The van der Waals surface area contributed by atoms with E-state index in [9.17, 15) is 0 Å². The number of aryl methyl sites for hydroxylation is 1. The summed E-state index contributed by atoms with van der Waals surface area (Å²) in [6.45, 7) is 3.38. The van der Waals surface area contributed by atoms with Crippen LogP contribution in [-0.4, -0.2) is 16.9 Å². The fraction of sp³-hybridized carbons (Fsp3) is 0.308. The molecule has 0 amide bonds. The van der Waals surface area contributed by atoms with Crippen LogP contribution in [0.2, 0.25) is 10.2 Å². The topological polar surface area (TPSA) is 29.3 Å². The summed E-state index contributed by atoms with van der Waals surface area (Å²) in [4.78, 5) is 6.35. The molecule has 0 fully saturated rings. The Balaban J connectivity index is 2.05. The average Bonchev–Trinajstić information content (AvgIpc) is 2.70. The first-order chi connectivity index (χ1) is 8.56. The van der Waals surface area contributed by atoms with Crippen LogP contribution in [0.25, 0.3) is 0 Å². The fourth-order valence-corrected chi connectivity index (χ4v) is 2.08. The first kappa shape index (κ1) is 13.4. The molecule has 5 heteroatoms. The molecule has 18 heavy (non-hydrogen) atoms. The van der Waals surface area contributed by atoms with Crippen LogP contribution in [0.3, 0.4) is 0 Å². The Morgan fingerprint density at radius 2 is 2.00 bits per heavy atom. The van der Waals surface area contributed by atoms with Crippen molar-refractivity contribution < 1.29 is 4.42 Å². The number of nitrogens with zero attached hydrogens (tertiary/aromatic N) is 2. The van der Waals surface area contributed by atoms with Gasteiger partial charge < -0.3 is 4.42 Å². The number of aromatic nitrogens is 1. The lowest BCUT2D eigenvalue weighted by Gasteiger charge is -2.16. The summed E-state index contributed by atoms with van der Waals surface area (Å²) in [7, 11) is 2.01. The second-order valence-electron chi connectivity index (χ2n) is 4.24. The van der Waals surface area contributed by atoms with Crippen LogP contribution in [0.5, 0.6) is 0 Å². The van der Waals surface area contributed by atoms with Gasteiger partial charge in [-0.1, -0.05) is 23.2 Å². The number of hydrogen-bond acceptors (Lipinski definition) is 3. The zero-order valence-electron chi connectivity index (χ0n) is 10.3. The maximum atomic E-state index is 6.09. The zero-order chi connectivity index (χ0) is 13.1. The molecule has 0 aliphatic heterocycles. The second kappa shape index (κ2) is 5.74. The van der Waals surface area contributed by atoms with E-state index >= 15 is 0 Å². The summed E-state index contributed by atoms with van der Waals surface area (Å²) in [6.07, 6.45) is 1.70. The third-order valence-electron chi connectivity index (χ3n) is 2.71. The van der Waals surface area contributed by atoms with Crippen LogP contribution in [0.1, 0.15) is 17.0 Å². The van der Waals surface area contributed by atoms with Gasteiger partial charge in [0.05, 0.1) is 17.0 Å². The van der Waals surface area contributed by atoms with Gasteiger partial charge in [-0.15, -0.1) is 0 Å². The third-order valence-corrected chi connectivity index (χ3v) is 3.27. The van der Waals surface area contributed by atoms with Gasteiger partial charge in [-0.25, -0.2) is 4.98 Å². The number of pyridine rings is 1.